The molecule has 2 aliphatic heterocycles. The Labute approximate surface area is 192 Å². The maximum Gasteiger partial charge on any atom is 0.248 e. The smallest absolute Gasteiger partial charge is 0.248 e. The van der Waals surface area contributed by atoms with Crippen LogP contribution in [0.15, 0.2) is 83.9 Å². The minimum Gasteiger partial charge on any atom is -0.384 e. The van der Waals surface area contributed by atoms with Crippen molar-refractivity contribution in [3.8, 4) is 6.07 Å². The largest absolute Gasteiger partial charge is 0.384 e. The number of hydrogen-bond acceptors (Lipinski definition) is 5. The zero-order chi connectivity index (χ0) is 23.3. The van der Waals surface area contributed by atoms with E-state index in [0.717, 1.165) is 11.3 Å². The molecule has 1 aliphatic carbocycles. The van der Waals surface area contributed by atoms with E-state index in [2.05, 4.69) is 12.6 Å². The van der Waals surface area contributed by atoms with Crippen LogP contribution in [-0.2, 0) is 15.0 Å². The van der Waals surface area contributed by atoms with Crippen LogP contribution in [0.4, 0.5) is 11.4 Å². The summed E-state index contributed by atoms with van der Waals surface area (Å²) in [5.74, 6) is -0.245. The van der Waals surface area contributed by atoms with Gasteiger partial charge in [0, 0.05) is 41.2 Å². The van der Waals surface area contributed by atoms with Gasteiger partial charge < -0.3 is 10.6 Å². The fourth-order valence-corrected chi connectivity index (χ4v) is 5.43. The molecule has 1 atom stereocenters. The Morgan fingerprint density at radius 2 is 1.88 bits per heavy atom. The number of Topliss-reactive ketones (excluding diaryl/α,β-unsaturated/α-hetero) is 1. The molecule has 164 valence electrons. The third kappa shape index (κ3) is 2.66. The van der Waals surface area contributed by atoms with Crippen molar-refractivity contribution in [2.45, 2.75) is 31.6 Å². The number of aryl methyl sites for hydroxylation is 1. The number of hydrogen-bond donors (Lipinski definition) is 1. The summed E-state index contributed by atoms with van der Waals surface area (Å²) in [4.78, 5) is 31.1. The number of ketones is 1. The lowest BCUT2D eigenvalue weighted by Gasteiger charge is -2.43. The topological polar surface area (TPSA) is 90.4 Å². The van der Waals surface area contributed by atoms with Gasteiger partial charge in [0.15, 0.2) is 5.78 Å². The number of fused-ring (bicyclic) bond motifs is 3. The van der Waals surface area contributed by atoms with Gasteiger partial charge in [-0.1, -0.05) is 42.0 Å². The molecule has 2 aromatic carbocycles. The first-order valence-corrected chi connectivity index (χ1v) is 11.0. The third-order valence-corrected chi connectivity index (χ3v) is 6.78. The standard InChI is InChI=1S/C27H24N4O2/c1-3-15-30-21-8-5-4-7-19(21)27(26(30)33)20(16-28)25(29)31(18-13-11-17(2)12-14-18)22-9-6-10-23(32)24(22)27/h3-5,7-8,11-14H,1,6,9-10,15,29H2,2H3/t27-/m1/s1. The summed E-state index contributed by atoms with van der Waals surface area (Å²) in [5.41, 5.74) is 9.50. The second-order valence-corrected chi connectivity index (χ2v) is 8.61. The lowest BCUT2D eigenvalue weighted by molar-refractivity contribution is -0.124. The summed E-state index contributed by atoms with van der Waals surface area (Å²) in [6.45, 7) is 6.06. The van der Waals surface area contributed by atoms with Crippen LogP contribution in [0.1, 0.15) is 30.4 Å². The molecule has 0 bridgehead atoms. The first-order chi connectivity index (χ1) is 16.0. The average Bonchev–Trinajstić information content (AvgIpc) is 3.05. The van der Waals surface area contributed by atoms with Crippen LogP contribution in [0.2, 0.25) is 0 Å². The Bertz CT molecular complexity index is 1310. The third-order valence-electron chi connectivity index (χ3n) is 6.78. The van der Waals surface area contributed by atoms with Crippen LogP contribution >= 0.6 is 0 Å². The number of carbonyl (C=O) groups excluding carboxylic acids is 2. The average molecular weight is 437 g/mol. The second-order valence-electron chi connectivity index (χ2n) is 8.61. The summed E-state index contributed by atoms with van der Waals surface area (Å²) in [6.07, 6.45) is 3.23. The van der Waals surface area contributed by atoms with E-state index < -0.39 is 5.41 Å². The van der Waals surface area contributed by atoms with Crippen molar-refractivity contribution < 1.29 is 9.59 Å². The summed E-state index contributed by atoms with van der Waals surface area (Å²) >= 11 is 0. The maximum absolute atomic E-state index is 14.2. The molecular formula is C27H24N4O2. The zero-order valence-electron chi connectivity index (χ0n) is 18.5. The summed E-state index contributed by atoms with van der Waals surface area (Å²) < 4.78 is 0. The van der Waals surface area contributed by atoms with Gasteiger partial charge in [0.2, 0.25) is 5.91 Å². The van der Waals surface area contributed by atoms with Gasteiger partial charge in [0.05, 0.1) is 5.57 Å². The molecule has 5 rings (SSSR count). The molecule has 2 N–H and O–H groups in total. The molecule has 3 aliphatic rings. The number of nitrogens with two attached hydrogens (primary N) is 1. The van der Waals surface area contributed by atoms with Gasteiger partial charge in [-0.15, -0.1) is 6.58 Å². The van der Waals surface area contributed by atoms with Gasteiger partial charge in [0.1, 0.15) is 17.3 Å². The van der Waals surface area contributed by atoms with E-state index in [-0.39, 0.29) is 29.6 Å². The molecule has 1 spiro atoms. The van der Waals surface area contributed by atoms with Crippen LogP contribution < -0.4 is 15.5 Å². The predicted molar refractivity (Wildman–Crippen MR) is 127 cm³/mol. The molecule has 0 saturated heterocycles. The van der Waals surface area contributed by atoms with E-state index in [4.69, 9.17) is 5.73 Å². The SMILES string of the molecule is C=CCN1C(=O)[C@@]2(C(C#N)=C(N)N(c3ccc(C)cc3)C3=C2C(=O)CCC3)c2ccccc21. The Kier molecular flexibility index (Phi) is 4.71. The normalized spacial score (nSPS) is 21.9. The van der Waals surface area contributed by atoms with Crippen molar-refractivity contribution in [3.63, 3.8) is 0 Å². The number of benzene rings is 2. The van der Waals surface area contributed by atoms with Crippen molar-refractivity contribution in [3.05, 3.63) is 95.0 Å². The highest BCUT2D eigenvalue weighted by Gasteiger charge is 2.62. The van der Waals surface area contributed by atoms with Gasteiger partial charge in [-0.05, 0) is 38.0 Å². The number of amides is 1. The zero-order valence-corrected chi connectivity index (χ0v) is 18.5. The van der Waals surface area contributed by atoms with Crippen LogP contribution in [-0.4, -0.2) is 18.2 Å². The number of rotatable bonds is 3. The van der Waals surface area contributed by atoms with Crippen molar-refractivity contribution >= 4 is 23.1 Å². The van der Waals surface area contributed by atoms with E-state index in [1.54, 1.807) is 15.9 Å². The molecule has 33 heavy (non-hydrogen) atoms. The number of anilines is 2. The van der Waals surface area contributed by atoms with Crippen molar-refractivity contribution in [2.75, 3.05) is 16.3 Å². The van der Waals surface area contributed by atoms with Gasteiger partial charge in [-0.2, -0.15) is 5.26 Å². The molecule has 0 unspecified atom stereocenters. The van der Waals surface area contributed by atoms with Gasteiger partial charge >= 0.3 is 0 Å². The quantitative estimate of drug-likeness (QED) is 0.735. The van der Waals surface area contributed by atoms with E-state index in [0.29, 0.717) is 41.8 Å². The maximum atomic E-state index is 14.2. The highest BCUT2D eigenvalue weighted by Crippen LogP contribution is 2.56. The van der Waals surface area contributed by atoms with Gasteiger partial charge in [-0.25, -0.2) is 0 Å². The number of nitrogens with zero attached hydrogens (tertiary/aromatic N) is 3. The molecule has 6 nitrogen and oxygen atoms in total. The van der Waals surface area contributed by atoms with E-state index in [1.165, 1.54) is 0 Å². The lowest BCUT2D eigenvalue weighted by Crippen LogP contribution is -2.52. The number of para-hydroxylation sites is 1. The Hall–Kier alpha value is -4.11. The van der Waals surface area contributed by atoms with Crippen molar-refractivity contribution in [2.24, 2.45) is 5.73 Å². The number of allylic oxidation sites excluding steroid dienone is 1. The van der Waals surface area contributed by atoms with Crippen LogP contribution in [0, 0.1) is 18.3 Å². The van der Waals surface area contributed by atoms with Gasteiger partial charge in [0.25, 0.3) is 0 Å². The minimum atomic E-state index is -1.54. The van der Waals surface area contributed by atoms with Crippen LogP contribution in [0.25, 0.3) is 0 Å². The molecule has 2 heterocycles. The van der Waals surface area contributed by atoms with Crippen molar-refractivity contribution in [1.82, 2.24) is 0 Å². The molecule has 0 fully saturated rings. The summed E-state index contributed by atoms with van der Waals surface area (Å²) in [7, 11) is 0. The second kappa shape index (κ2) is 7.49. The van der Waals surface area contributed by atoms with Crippen LogP contribution in [0.3, 0.4) is 0 Å². The molecule has 2 aromatic rings. The number of nitriles is 1. The first kappa shape index (κ1) is 20.8. The summed E-state index contributed by atoms with van der Waals surface area (Å²) in [6, 6.07) is 17.4. The Balaban J connectivity index is 1.88. The van der Waals surface area contributed by atoms with E-state index >= 15 is 0 Å². The molecular weight excluding hydrogens is 412 g/mol. The summed E-state index contributed by atoms with van der Waals surface area (Å²) in [5, 5.41) is 10.4. The van der Waals surface area contributed by atoms with E-state index in [9.17, 15) is 14.9 Å². The minimum absolute atomic E-state index is 0.0982. The van der Waals surface area contributed by atoms with Crippen LogP contribution in [0.5, 0.6) is 0 Å². The molecule has 0 radical (unpaired) electrons. The van der Waals surface area contributed by atoms with Gasteiger partial charge in [-0.3, -0.25) is 14.5 Å². The highest BCUT2D eigenvalue weighted by molar-refractivity contribution is 6.20. The van der Waals surface area contributed by atoms with Crippen molar-refractivity contribution in [1.29, 1.82) is 5.26 Å². The van der Waals surface area contributed by atoms with E-state index in [1.807, 2.05) is 55.5 Å². The predicted octanol–water partition coefficient (Wildman–Crippen LogP) is 3.99. The first-order valence-electron chi connectivity index (χ1n) is 11.0. The number of carbonyl (C=O) groups is 2. The molecule has 1 amide bonds. The molecule has 6 heteroatoms. The lowest BCUT2D eigenvalue weighted by atomic mass is 9.64. The molecule has 0 saturated carbocycles. The monoisotopic (exact) mass is 436 g/mol. The fraction of sp³-hybridized carbons (Fsp3) is 0.222. The highest BCUT2D eigenvalue weighted by atomic mass is 16.2. The Morgan fingerprint density at radius 3 is 2.58 bits per heavy atom. The fourth-order valence-electron chi connectivity index (χ4n) is 5.43. The molecule has 0 aromatic heterocycles. The Morgan fingerprint density at radius 1 is 1.15 bits per heavy atom.